The van der Waals surface area contributed by atoms with E-state index in [0.29, 0.717) is 19.3 Å². The Balaban J connectivity index is 2.71. The second kappa shape index (κ2) is 10.8. The van der Waals surface area contributed by atoms with E-state index in [2.05, 4.69) is 6.92 Å². The van der Waals surface area contributed by atoms with Crippen molar-refractivity contribution in [2.75, 3.05) is 0 Å². The van der Waals surface area contributed by atoms with Crippen molar-refractivity contribution in [1.82, 2.24) is 5.06 Å². The van der Waals surface area contributed by atoms with Crippen LogP contribution in [0, 0.1) is 5.92 Å². The molecular formula is C18H27NO4. The van der Waals surface area contributed by atoms with Gasteiger partial charge in [-0.1, -0.05) is 63.4 Å². The van der Waals surface area contributed by atoms with E-state index in [-0.39, 0.29) is 6.61 Å². The Morgan fingerprint density at radius 3 is 2.48 bits per heavy atom. The number of rotatable bonds is 12. The first kappa shape index (κ1) is 19.2. The quantitative estimate of drug-likeness (QED) is 0.362. The van der Waals surface area contributed by atoms with Gasteiger partial charge in [0.05, 0.1) is 12.0 Å². The molecule has 128 valence electrons. The summed E-state index contributed by atoms with van der Waals surface area (Å²) < 4.78 is 0. The molecule has 0 heterocycles. The summed E-state index contributed by atoms with van der Waals surface area (Å²) in [5.41, 5.74) is 0.937. The minimum absolute atomic E-state index is 0.247. The number of amides is 1. The minimum Gasteiger partial charge on any atom is -0.481 e. The highest BCUT2D eigenvalue weighted by Gasteiger charge is 2.31. The van der Waals surface area contributed by atoms with Crippen LogP contribution in [0.4, 0.5) is 0 Å². The fraction of sp³-hybridized carbons (Fsp3) is 0.556. The molecule has 1 amide bonds. The number of benzene rings is 1. The van der Waals surface area contributed by atoms with E-state index in [0.717, 1.165) is 24.8 Å². The van der Waals surface area contributed by atoms with Gasteiger partial charge in [-0.05, 0) is 18.4 Å². The third-order valence-electron chi connectivity index (χ3n) is 3.97. The van der Waals surface area contributed by atoms with Gasteiger partial charge in [0.1, 0.15) is 6.61 Å². The van der Waals surface area contributed by atoms with E-state index < -0.39 is 17.9 Å². The third kappa shape index (κ3) is 6.40. The van der Waals surface area contributed by atoms with E-state index in [9.17, 15) is 14.7 Å². The monoisotopic (exact) mass is 321 g/mol. The number of hydrogen-bond acceptors (Lipinski definition) is 3. The summed E-state index contributed by atoms with van der Waals surface area (Å²) in [6, 6.07) is 9.05. The Morgan fingerprint density at radius 1 is 1.26 bits per heavy atom. The predicted octanol–water partition coefficient (Wildman–Crippen LogP) is 3.64. The lowest BCUT2D eigenvalue weighted by atomic mass is 9.91. The number of nitrogens with zero attached hydrogens (tertiary/aromatic N) is 1. The van der Waals surface area contributed by atoms with Crippen LogP contribution in [0.15, 0.2) is 30.3 Å². The van der Waals surface area contributed by atoms with Crippen molar-refractivity contribution in [2.45, 2.75) is 58.6 Å². The summed E-state index contributed by atoms with van der Waals surface area (Å²) in [6.45, 7) is 4.20. The van der Waals surface area contributed by atoms with Gasteiger partial charge in [-0.25, -0.2) is 5.06 Å². The van der Waals surface area contributed by atoms with Gasteiger partial charge in [0, 0.05) is 0 Å². The van der Waals surface area contributed by atoms with Gasteiger partial charge in [0.2, 0.25) is 6.41 Å². The molecule has 0 spiro atoms. The predicted molar refractivity (Wildman–Crippen MR) is 88.5 cm³/mol. The Kier molecular flexibility index (Phi) is 8.98. The standard InChI is InChI=1S/C18H27NO4/c1-3-5-7-12-16(18(21)22)17(4-2)19(14-20)23-13-15-10-8-6-9-11-15/h6,8-11,14,16-17H,3-5,7,12-13H2,1-2H3,(H,21,22)/t16?,17-/m1/s1. The first-order valence-electron chi connectivity index (χ1n) is 8.27. The number of carbonyl (C=O) groups is 2. The molecule has 0 aliphatic heterocycles. The van der Waals surface area contributed by atoms with E-state index in [1.165, 1.54) is 5.06 Å². The van der Waals surface area contributed by atoms with Gasteiger partial charge in [-0.3, -0.25) is 14.4 Å². The fourth-order valence-electron chi connectivity index (χ4n) is 2.66. The largest absolute Gasteiger partial charge is 0.481 e. The maximum atomic E-state index is 11.6. The summed E-state index contributed by atoms with van der Waals surface area (Å²) in [7, 11) is 0. The number of unbranched alkanes of at least 4 members (excludes halogenated alkanes) is 2. The van der Waals surface area contributed by atoms with Crippen molar-refractivity contribution in [3.8, 4) is 0 Å². The number of carboxylic acid groups (broad SMARTS) is 1. The Labute approximate surface area is 138 Å². The zero-order chi connectivity index (χ0) is 17.1. The Bertz CT molecular complexity index is 463. The molecule has 0 aliphatic rings. The first-order valence-corrected chi connectivity index (χ1v) is 8.27. The van der Waals surface area contributed by atoms with Crippen LogP contribution >= 0.6 is 0 Å². The molecule has 0 fully saturated rings. The van der Waals surface area contributed by atoms with Crippen LogP contribution in [0.3, 0.4) is 0 Å². The zero-order valence-corrected chi connectivity index (χ0v) is 14.0. The summed E-state index contributed by atoms with van der Waals surface area (Å²) in [5.74, 6) is -1.48. The average molecular weight is 321 g/mol. The molecule has 5 heteroatoms. The number of aliphatic carboxylic acids is 1. The van der Waals surface area contributed by atoms with Crippen molar-refractivity contribution >= 4 is 12.4 Å². The Morgan fingerprint density at radius 2 is 1.96 bits per heavy atom. The van der Waals surface area contributed by atoms with Gasteiger partial charge in [0.25, 0.3) is 0 Å². The van der Waals surface area contributed by atoms with Gasteiger partial charge in [-0.2, -0.15) is 0 Å². The van der Waals surface area contributed by atoms with Gasteiger partial charge >= 0.3 is 5.97 Å². The molecule has 2 atom stereocenters. The summed E-state index contributed by atoms with van der Waals surface area (Å²) in [6.07, 6.45) is 4.55. The summed E-state index contributed by atoms with van der Waals surface area (Å²) in [5, 5.41) is 10.7. The smallest absolute Gasteiger partial charge is 0.308 e. The highest BCUT2D eigenvalue weighted by molar-refractivity contribution is 5.71. The number of carboxylic acids is 1. The second-order valence-corrected chi connectivity index (χ2v) is 5.64. The number of hydrogen-bond donors (Lipinski definition) is 1. The lowest BCUT2D eigenvalue weighted by Crippen LogP contribution is -2.42. The molecule has 1 N–H and O–H groups in total. The molecule has 1 rings (SSSR count). The molecule has 0 aliphatic carbocycles. The third-order valence-corrected chi connectivity index (χ3v) is 3.97. The van der Waals surface area contributed by atoms with Crippen LogP contribution < -0.4 is 0 Å². The molecule has 0 saturated heterocycles. The molecule has 1 aromatic carbocycles. The van der Waals surface area contributed by atoms with Crippen LogP contribution in [0.1, 0.15) is 51.5 Å². The molecule has 1 aromatic rings. The van der Waals surface area contributed by atoms with Crippen LogP contribution in [-0.2, 0) is 21.0 Å². The van der Waals surface area contributed by atoms with E-state index in [4.69, 9.17) is 4.84 Å². The van der Waals surface area contributed by atoms with E-state index in [1.54, 1.807) is 0 Å². The zero-order valence-electron chi connectivity index (χ0n) is 14.0. The highest BCUT2D eigenvalue weighted by atomic mass is 16.7. The van der Waals surface area contributed by atoms with Crippen molar-refractivity contribution in [2.24, 2.45) is 5.92 Å². The molecule has 1 unspecified atom stereocenters. The Hall–Kier alpha value is -1.88. The number of carbonyl (C=O) groups excluding carboxylic acids is 1. The molecular weight excluding hydrogens is 294 g/mol. The van der Waals surface area contributed by atoms with Gasteiger partial charge < -0.3 is 5.11 Å². The van der Waals surface area contributed by atoms with E-state index >= 15 is 0 Å². The summed E-state index contributed by atoms with van der Waals surface area (Å²) in [4.78, 5) is 28.6. The minimum atomic E-state index is -0.872. The highest BCUT2D eigenvalue weighted by Crippen LogP contribution is 2.22. The summed E-state index contributed by atoms with van der Waals surface area (Å²) >= 11 is 0. The van der Waals surface area contributed by atoms with Gasteiger partial charge in [-0.15, -0.1) is 0 Å². The van der Waals surface area contributed by atoms with Crippen molar-refractivity contribution < 1.29 is 19.5 Å². The van der Waals surface area contributed by atoms with Crippen molar-refractivity contribution in [1.29, 1.82) is 0 Å². The topological polar surface area (TPSA) is 66.8 Å². The van der Waals surface area contributed by atoms with Crippen LogP contribution in [0.5, 0.6) is 0 Å². The average Bonchev–Trinajstić information content (AvgIpc) is 2.57. The SMILES string of the molecule is CCCCCC(C(=O)O)[C@@H](CC)N(C=O)OCc1ccccc1. The molecule has 0 saturated carbocycles. The molecule has 0 radical (unpaired) electrons. The van der Waals surface area contributed by atoms with Crippen LogP contribution in [-0.4, -0.2) is 28.6 Å². The lowest BCUT2D eigenvalue weighted by Gasteiger charge is -2.31. The fourth-order valence-corrected chi connectivity index (χ4v) is 2.66. The van der Waals surface area contributed by atoms with Crippen molar-refractivity contribution in [3.05, 3.63) is 35.9 Å². The normalized spacial score (nSPS) is 13.3. The maximum absolute atomic E-state index is 11.6. The molecule has 23 heavy (non-hydrogen) atoms. The maximum Gasteiger partial charge on any atom is 0.308 e. The van der Waals surface area contributed by atoms with Gasteiger partial charge in [0.15, 0.2) is 0 Å². The van der Waals surface area contributed by atoms with Crippen LogP contribution in [0.25, 0.3) is 0 Å². The second-order valence-electron chi connectivity index (χ2n) is 5.64. The molecule has 0 bridgehead atoms. The number of hydroxylamine groups is 2. The van der Waals surface area contributed by atoms with E-state index in [1.807, 2.05) is 37.3 Å². The first-order chi connectivity index (χ1) is 11.1. The van der Waals surface area contributed by atoms with Crippen LogP contribution in [0.2, 0.25) is 0 Å². The molecule has 0 aromatic heterocycles. The lowest BCUT2D eigenvalue weighted by molar-refractivity contribution is -0.202. The molecule has 5 nitrogen and oxygen atoms in total. The van der Waals surface area contributed by atoms with Crippen molar-refractivity contribution in [3.63, 3.8) is 0 Å².